The third kappa shape index (κ3) is 7.50. The Hall–Kier alpha value is -1.34. The van der Waals surface area contributed by atoms with Gasteiger partial charge in [0.25, 0.3) is 0 Å². The fraction of sp³-hybridized carbons (Fsp3) is 0.895. The van der Waals surface area contributed by atoms with E-state index in [1.165, 1.54) is 0 Å². The van der Waals surface area contributed by atoms with Crippen molar-refractivity contribution in [2.45, 2.75) is 72.1 Å². The third-order valence-electron chi connectivity index (χ3n) is 5.03. The summed E-state index contributed by atoms with van der Waals surface area (Å²) in [6, 6.07) is -0.188. The molecule has 3 atom stereocenters. The molecular formula is C19H40N4O3. The van der Waals surface area contributed by atoms with Crippen LogP contribution in [0.3, 0.4) is 0 Å². The normalized spacial score (nSPS) is 14.7. The summed E-state index contributed by atoms with van der Waals surface area (Å²) in [5.74, 6) is 0.197. The lowest BCUT2D eigenvalue weighted by atomic mass is 9.91. The fourth-order valence-electron chi connectivity index (χ4n) is 3.19. The van der Waals surface area contributed by atoms with Crippen LogP contribution in [0.1, 0.15) is 53.9 Å². The first-order chi connectivity index (χ1) is 12.2. The second-order valence-electron chi connectivity index (χ2n) is 7.15. The van der Waals surface area contributed by atoms with Gasteiger partial charge >= 0.3 is 6.03 Å². The van der Waals surface area contributed by atoms with Crippen molar-refractivity contribution in [3.05, 3.63) is 0 Å². The number of methoxy groups -OCH3 is 1. The lowest BCUT2D eigenvalue weighted by molar-refractivity contribution is -0.135. The molecule has 0 rings (SSSR count). The van der Waals surface area contributed by atoms with E-state index in [9.17, 15) is 9.59 Å². The molecule has 0 aromatic rings. The highest BCUT2D eigenvalue weighted by Crippen LogP contribution is 2.21. The number of carbonyl (C=O) groups is 2. The Morgan fingerprint density at radius 2 is 1.77 bits per heavy atom. The van der Waals surface area contributed by atoms with Crippen LogP contribution in [-0.2, 0) is 9.53 Å². The summed E-state index contributed by atoms with van der Waals surface area (Å²) in [6.45, 7) is 11.3. The largest absolute Gasteiger partial charge is 0.379 e. The van der Waals surface area contributed by atoms with Crippen molar-refractivity contribution in [3.63, 3.8) is 0 Å². The third-order valence-corrected chi connectivity index (χ3v) is 5.03. The number of likely N-dealkylation sites (N-methyl/N-ethyl adjacent to an activating group) is 1. The number of hydrogen-bond donors (Lipinski definition) is 2. The monoisotopic (exact) mass is 372 g/mol. The number of nitrogens with two attached hydrogens (primary N) is 1. The van der Waals surface area contributed by atoms with E-state index in [1.807, 2.05) is 13.8 Å². The number of urea groups is 1. The maximum Gasteiger partial charge on any atom is 0.318 e. The van der Waals surface area contributed by atoms with E-state index >= 15 is 0 Å². The van der Waals surface area contributed by atoms with E-state index in [1.54, 1.807) is 24.0 Å². The quantitative estimate of drug-likeness (QED) is 0.549. The van der Waals surface area contributed by atoms with Crippen molar-refractivity contribution in [3.8, 4) is 0 Å². The van der Waals surface area contributed by atoms with Gasteiger partial charge in [-0.1, -0.05) is 27.2 Å². The van der Waals surface area contributed by atoms with Crippen molar-refractivity contribution < 1.29 is 14.3 Å². The number of carbonyl (C=O) groups excluding carboxylic acids is 2. The summed E-state index contributed by atoms with van der Waals surface area (Å²) in [4.78, 5) is 28.5. The van der Waals surface area contributed by atoms with Crippen molar-refractivity contribution in [1.29, 1.82) is 0 Å². The summed E-state index contributed by atoms with van der Waals surface area (Å²) in [6.07, 6.45) is 2.50. The highest BCUT2D eigenvalue weighted by Gasteiger charge is 2.31. The molecule has 0 heterocycles. The zero-order chi connectivity index (χ0) is 20.3. The van der Waals surface area contributed by atoms with Crippen LogP contribution >= 0.6 is 0 Å². The van der Waals surface area contributed by atoms with Gasteiger partial charge in [0.2, 0.25) is 5.91 Å². The zero-order valence-electron chi connectivity index (χ0n) is 17.7. The first-order valence-corrected chi connectivity index (χ1v) is 9.77. The van der Waals surface area contributed by atoms with Gasteiger partial charge in [-0.15, -0.1) is 0 Å². The van der Waals surface area contributed by atoms with Crippen molar-refractivity contribution in [1.82, 2.24) is 15.1 Å². The molecule has 0 radical (unpaired) electrons. The first kappa shape index (κ1) is 24.7. The molecule has 3 N–H and O–H groups in total. The predicted octanol–water partition coefficient (Wildman–Crippen LogP) is 2.05. The van der Waals surface area contributed by atoms with Crippen LogP contribution in [0.5, 0.6) is 0 Å². The molecule has 0 aliphatic carbocycles. The number of nitrogens with one attached hydrogen (secondary N) is 1. The molecular weight excluding hydrogens is 332 g/mol. The first-order valence-electron chi connectivity index (χ1n) is 9.77. The zero-order valence-corrected chi connectivity index (χ0v) is 17.7. The fourth-order valence-corrected chi connectivity index (χ4v) is 3.19. The summed E-state index contributed by atoms with van der Waals surface area (Å²) >= 11 is 0. The Bertz CT molecular complexity index is 414. The number of hydrogen-bond acceptors (Lipinski definition) is 4. The maximum absolute atomic E-state index is 12.7. The molecule has 0 aliphatic heterocycles. The molecule has 7 heteroatoms. The minimum Gasteiger partial charge on any atom is -0.379 e. The molecule has 0 saturated carbocycles. The molecule has 7 nitrogen and oxygen atoms in total. The average Bonchev–Trinajstić information content (AvgIpc) is 2.62. The van der Waals surface area contributed by atoms with Crippen molar-refractivity contribution in [2.75, 3.05) is 33.8 Å². The lowest BCUT2D eigenvalue weighted by Crippen LogP contribution is -2.53. The van der Waals surface area contributed by atoms with Gasteiger partial charge in [-0.2, -0.15) is 0 Å². The molecule has 0 saturated heterocycles. The molecule has 26 heavy (non-hydrogen) atoms. The second-order valence-corrected chi connectivity index (χ2v) is 7.15. The molecule has 0 spiro atoms. The predicted molar refractivity (Wildman–Crippen MR) is 106 cm³/mol. The van der Waals surface area contributed by atoms with Crippen molar-refractivity contribution in [2.24, 2.45) is 11.7 Å². The van der Waals surface area contributed by atoms with Crippen LogP contribution < -0.4 is 11.1 Å². The van der Waals surface area contributed by atoms with E-state index in [4.69, 9.17) is 10.5 Å². The Kier molecular flexibility index (Phi) is 12.3. The summed E-state index contributed by atoms with van der Waals surface area (Å²) < 4.78 is 5.59. The SMILES string of the molecule is CCC(C)C(C(CC)OC)N(C)C(=O)CNC(=O)N(CCCN)C(C)C. The molecule has 3 amide bonds. The summed E-state index contributed by atoms with van der Waals surface area (Å²) in [5, 5.41) is 2.75. The highest BCUT2D eigenvalue weighted by atomic mass is 16.5. The maximum atomic E-state index is 12.7. The van der Waals surface area contributed by atoms with E-state index in [0.717, 1.165) is 19.3 Å². The Balaban J connectivity index is 4.92. The standard InChI is InChI=1S/C19H40N4O3/c1-8-15(5)18(16(9-2)26-7)22(6)17(24)13-21-19(25)23(14(3)4)12-10-11-20/h14-16,18H,8-13,20H2,1-7H3,(H,21,25). The molecule has 154 valence electrons. The van der Waals surface area contributed by atoms with Gasteiger partial charge in [0, 0.05) is 26.7 Å². The molecule has 3 unspecified atom stereocenters. The van der Waals surface area contributed by atoms with Crippen molar-refractivity contribution >= 4 is 11.9 Å². The topological polar surface area (TPSA) is 87.9 Å². The minimum atomic E-state index is -0.228. The highest BCUT2D eigenvalue weighted by molar-refractivity contribution is 5.84. The van der Waals surface area contributed by atoms with Crippen LogP contribution in [0.2, 0.25) is 0 Å². The number of nitrogens with zero attached hydrogens (tertiary/aromatic N) is 2. The average molecular weight is 373 g/mol. The van der Waals surface area contributed by atoms with Gasteiger partial charge in [-0.3, -0.25) is 4.79 Å². The molecule has 0 aliphatic rings. The Labute approximate surface area is 159 Å². The van der Waals surface area contributed by atoms with E-state index in [-0.39, 0.29) is 36.7 Å². The number of rotatable bonds is 12. The van der Waals surface area contributed by atoms with Gasteiger partial charge in [0.05, 0.1) is 18.7 Å². The van der Waals surface area contributed by atoms with Crippen LogP contribution in [-0.4, -0.2) is 73.7 Å². The Morgan fingerprint density at radius 1 is 1.15 bits per heavy atom. The second kappa shape index (κ2) is 12.9. The molecule has 0 aromatic carbocycles. The number of ether oxygens (including phenoxy) is 1. The van der Waals surface area contributed by atoms with E-state index in [2.05, 4.69) is 26.1 Å². The minimum absolute atomic E-state index is 0.0159. The van der Waals surface area contributed by atoms with Crippen LogP contribution in [0.25, 0.3) is 0 Å². The summed E-state index contributed by atoms with van der Waals surface area (Å²) in [5.41, 5.74) is 5.54. The van der Waals surface area contributed by atoms with Gasteiger partial charge in [-0.05, 0) is 39.2 Å². The van der Waals surface area contributed by atoms with E-state index in [0.29, 0.717) is 19.0 Å². The Morgan fingerprint density at radius 3 is 2.19 bits per heavy atom. The lowest BCUT2D eigenvalue weighted by Gasteiger charge is -2.37. The smallest absolute Gasteiger partial charge is 0.318 e. The molecule has 0 aromatic heterocycles. The number of amides is 3. The van der Waals surface area contributed by atoms with E-state index < -0.39 is 0 Å². The van der Waals surface area contributed by atoms with Crippen LogP contribution in [0.4, 0.5) is 4.79 Å². The molecule has 0 fully saturated rings. The molecule has 0 bridgehead atoms. The van der Waals surface area contributed by atoms with Gasteiger partial charge in [-0.25, -0.2) is 4.79 Å². The summed E-state index contributed by atoms with van der Waals surface area (Å²) in [7, 11) is 3.48. The van der Waals surface area contributed by atoms with Crippen LogP contribution in [0, 0.1) is 5.92 Å². The van der Waals surface area contributed by atoms with Gasteiger partial charge in [0.1, 0.15) is 0 Å². The van der Waals surface area contributed by atoms with Gasteiger partial charge < -0.3 is 25.6 Å². The van der Waals surface area contributed by atoms with Crippen LogP contribution in [0.15, 0.2) is 0 Å². The van der Waals surface area contributed by atoms with Gasteiger partial charge in [0.15, 0.2) is 0 Å².